The Balaban J connectivity index is 2.74. The van der Waals surface area contributed by atoms with Crippen LogP contribution >= 0.6 is 11.8 Å². The van der Waals surface area contributed by atoms with Crippen molar-refractivity contribution in [1.29, 1.82) is 0 Å². The summed E-state index contributed by atoms with van der Waals surface area (Å²) in [7, 11) is 2.10. The molecule has 0 N–H and O–H groups in total. The van der Waals surface area contributed by atoms with E-state index in [4.69, 9.17) is 0 Å². The van der Waals surface area contributed by atoms with E-state index in [0.717, 1.165) is 35.0 Å². The quantitative estimate of drug-likeness (QED) is 0.700. The van der Waals surface area contributed by atoms with Crippen molar-refractivity contribution in [3.63, 3.8) is 0 Å². The monoisotopic (exact) mass is 323 g/mol. The molecule has 0 spiro atoms. The fraction of sp³-hybridized carbons (Fsp3) is 0.917. The van der Waals surface area contributed by atoms with E-state index in [1.807, 2.05) is 30.8 Å². The molecule has 1 heterocycles. The van der Waals surface area contributed by atoms with Gasteiger partial charge in [0.1, 0.15) is 0 Å². The normalized spacial score (nSPS) is 21.3. The second kappa shape index (κ2) is 7.63. The van der Waals surface area contributed by atoms with Gasteiger partial charge in [-0.2, -0.15) is 16.1 Å². The van der Waals surface area contributed by atoms with Gasteiger partial charge in [0.05, 0.1) is 18.8 Å². The van der Waals surface area contributed by atoms with E-state index in [9.17, 15) is 13.2 Å². The van der Waals surface area contributed by atoms with Crippen molar-refractivity contribution in [3.05, 3.63) is 0 Å². The number of carbonyl (C=O) groups excluding carboxylic acids is 1. The summed E-state index contributed by atoms with van der Waals surface area (Å²) in [5, 5.41) is 0. The Bertz CT molecular complexity index is 426. The topological polar surface area (TPSA) is 60.9 Å². The molecule has 0 aromatic heterocycles. The standard InChI is InChI=1S/C12H25N3O3S2/c1-13(2)8-11-10-19-7-5-6-15(11)12(16)9-14(3)20(4,17)18/h11H,5-10H2,1-4H3. The predicted octanol–water partition coefficient (Wildman–Crippen LogP) is -0.226. The number of rotatable bonds is 5. The van der Waals surface area contributed by atoms with Gasteiger partial charge in [0.25, 0.3) is 0 Å². The molecule has 1 amide bonds. The lowest BCUT2D eigenvalue weighted by Gasteiger charge is -2.32. The third-order valence-corrected chi connectivity index (χ3v) is 5.72. The molecular weight excluding hydrogens is 298 g/mol. The smallest absolute Gasteiger partial charge is 0.238 e. The average molecular weight is 323 g/mol. The summed E-state index contributed by atoms with van der Waals surface area (Å²) in [5.41, 5.74) is 0. The summed E-state index contributed by atoms with van der Waals surface area (Å²) >= 11 is 1.86. The van der Waals surface area contributed by atoms with Crippen LogP contribution < -0.4 is 0 Å². The summed E-state index contributed by atoms with van der Waals surface area (Å²) in [6, 6.07) is 0.151. The van der Waals surface area contributed by atoms with Crippen molar-refractivity contribution in [1.82, 2.24) is 14.1 Å². The highest BCUT2D eigenvalue weighted by molar-refractivity contribution is 7.99. The van der Waals surface area contributed by atoms with Crippen molar-refractivity contribution in [3.8, 4) is 0 Å². The molecule has 1 rings (SSSR count). The van der Waals surface area contributed by atoms with E-state index >= 15 is 0 Å². The van der Waals surface area contributed by atoms with Crippen LogP contribution in [0.2, 0.25) is 0 Å². The zero-order valence-electron chi connectivity index (χ0n) is 12.7. The lowest BCUT2D eigenvalue weighted by molar-refractivity contribution is -0.133. The molecule has 6 nitrogen and oxygen atoms in total. The number of nitrogens with zero attached hydrogens (tertiary/aromatic N) is 3. The van der Waals surface area contributed by atoms with Crippen LogP contribution in [0.5, 0.6) is 0 Å². The SMILES string of the molecule is CN(C)CC1CSCCCN1C(=O)CN(C)S(C)(=O)=O. The number of amides is 1. The third kappa shape index (κ3) is 5.59. The van der Waals surface area contributed by atoms with Gasteiger partial charge in [-0.15, -0.1) is 0 Å². The Morgan fingerprint density at radius 2 is 2.00 bits per heavy atom. The zero-order valence-corrected chi connectivity index (χ0v) is 14.3. The minimum Gasteiger partial charge on any atom is -0.336 e. The molecule has 0 saturated carbocycles. The Kier molecular flexibility index (Phi) is 6.77. The summed E-state index contributed by atoms with van der Waals surface area (Å²) < 4.78 is 24.0. The Morgan fingerprint density at radius 3 is 2.55 bits per heavy atom. The van der Waals surface area contributed by atoms with E-state index in [2.05, 4.69) is 4.90 Å². The van der Waals surface area contributed by atoms with Gasteiger partial charge in [0, 0.05) is 25.9 Å². The Hall–Kier alpha value is -0.310. The summed E-state index contributed by atoms with van der Waals surface area (Å²) in [5.74, 6) is 1.86. The van der Waals surface area contributed by atoms with Crippen LogP contribution in [0.15, 0.2) is 0 Å². The van der Waals surface area contributed by atoms with E-state index < -0.39 is 10.0 Å². The highest BCUT2D eigenvalue weighted by atomic mass is 32.2. The molecule has 20 heavy (non-hydrogen) atoms. The first-order valence-corrected chi connectivity index (χ1v) is 9.65. The first-order chi connectivity index (χ1) is 9.21. The van der Waals surface area contributed by atoms with Crippen LogP contribution in [0.25, 0.3) is 0 Å². The van der Waals surface area contributed by atoms with Gasteiger partial charge in [0.15, 0.2) is 0 Å². The number of carbonyl (C=O) groups is 1. The molecule has 1 unspecified atom stereocenters. The van der Waals surface area contributed by atoms with Gasteiger partial charge in [-0.3, -0.25) is 4.79 Å². The van der Waals surface area contributed by atoms with Gasteiger partial charge >= 0.3 is 0 Å². The van der Waals surface area contributed by atoms with Crippen molar-refractivity contribution in [2.24, 2.45) is 0 Å². The van der Waals surface area contributed by atoms with Gasteiger partial charge < -0.3 is 9.80 Å². The summed E-state index contributed by atoms with van der Waals surface area (Å²) in [6.07, 6.45) is 2.08. The maximum atomic E-state index is 12.4. The minimum atomic E-state index is -3.32. The van der Waals surface area contributed by atoms with Crippen LogP contribution in [0.3, 0.4) is 0 Å². The van der Waals surface area contributed by atoms with Crippen molar-refractivity contribution in [2.75, 3.05) is 58.5 Å². The fourth-order valence-electron chi connectivity index (χ4n) is 2.13. The van der Waals surface area contributed by atoms with Crippen molar-refractivity contribution < 1.29 is 13.2 Å². The maximum Gasteiger partial charge on any atom is 0.238 e. The van der Waals surface area contributed by atoms with Gasteiger partial charge in [-0.25, -0.2) is 8.42 Å². The first-order valence-electron chi connectivity index (χ1n) is 6.65. The van der Waals surface area contributed by atoms with E-state index in [1.165, 1.54) is 7.05 Å². The molecule has 0 aromatic rings. The number of thioether (sulfide) groups is 1. The Morgan fingerprint density at radius 1 is 1.35 bits per heavy atom. The van der Waals surface area contributed by atoms with Crippen LogP contribution in [0.4, 0.5) is 0 Å². The molecule has 1 saturated heterocycles. The molecule has 0 bridgehead atoms. The average Bonchev–Trinajstić information content (AvgIpc) is 2.52. The van der Waals surface area contributed by atoms with Crippen molar-refractivity contribution >= 4 is 27.7 Å². The largest absolute Gasteiger partial charge is 0.336 e. The number of hydrogen-bond acceptors (Lipinski definition) is 5. The highest BCUT2D eigenvalue weighted by Gasteiger charge is 2.28. The number of hydrogen-bond donors (Lipinski definition) is 0. The lowest BCUT2D eigenvalue weighted by Crippen LogP contribution is -2.50. The molecule has 118 valence electrons. The van der Waals surface area contributed by atoms with Crippen LogP contribution in [-0.2, 0) is 14.8 Å². The van der Waals surface area contributed by atoms with Crippen LogP contribution in [0.1, 0.15) is 6.42 Å². The van der Waals surface area contributed by atoms with Gasteiger partial charge in [-0.1, -0.05) is 0 Å². The number of likely N-dealkylation sites (N-methyl/N-ethyl adjacent to an activating group) is 2. The van der Waals surface area contributed by atoms with E-state index in [0.29, 0.717) is 6.54 Å². The molecule has 0 aromatic carbocycles. The van der Waals surface area contributed by atoms with Crippen LogP contribution in [-0.4, -0.2) is 93.0 Å². The Labute approximate surface area is 126 Å². The first kappa shape index (κ1) is 17.7. The van der Waals surface area contributed by atoms with Crippen LogP contribution in [0, 0.1) is 0 Å². The predicted molar refractivity (Wildman–Crippen MR) is 83.5 cm³/mol. The second-order valence-corrected chi connectivity index (χ2v) is 8.69. The molecule has 0 aliphatic carbocycles. The summed E-state index contributed by atoms with van der Waals surface area (Å²) in [6.45, 7) is 1.44. The van der Waals surface area contributed by atoms with Crippen molar-refractivity contribution in [2.45, 2.75) is 12.5 Å². The third-order valence-electron chi connectivity index (χ3n) is 3.26. The molecule has 1 aliphatic heterocycles. The van der Waals surface area contributed by atoms with Gasteiger partial charge in [-0.05, 0) is 26.3 Å². The molecule has 8 heteroatoms. The fourth-order valence-corrected chi connectivity index (χ4v) is 3.53. The molecule has 0 radical (unpaired) electrons. The molecule has 1 fully saturated rings. The number of sulfonamides is 1. The second-order valence-electron chi connectivity index (χ2n) is 5.45. The lowest BCUT2D eigenvalue weighted by atomic mass is 10.2. The summed E-state index contributed by atoms with van der Waals surface area (Å²) in [4.78, 5) is 16.3. The molecule has 1 aliphatic rings. The highest BCUT2D eigenvalue weighted by Crippen LogP contribution is 2.17. The zero-order chi connectivity index (χ0) is 15.3. The van der Waals surface area contributed by atoms with E-state index in [1.54, 1.807) is 0 Å². The molecular formula is C12H25N3O3S2. The maximum absolute atomic E-state index is 12.4. The minimum absolute atomic E-state index is 0.0760. The van der Waals surface area contributed by atoms with Gasteiger partial charge in [0.2, 0.25) is 15.9 Å². The van der Waals surface area contributed by atoms with E-state index in [-0.39, 0.29) is 18.5 Å². The molecule has 1 atom stereocenters.